The molecule has 0 atom stereocenters. The summed E-state index contributed by atoms with van der Waals surface area (Å²) in [5.74, 6) is 0.428. The van der Waals surface area contributed by atoms with Gasteiger partial charge in [-0.2, -0.15) is 0 Å². The molecule has 0 saturated carbocycles. The van der Waals surface area contributed by atoms with Gasteiger partial charge in [0.05, 0.1) is 12.3 Å². The summed E-state index contributed by atoms with van der Waals surface area (Å²) in [6.45, 7) is 3.38. The molecule has 0 fully saturated rings. The van der Waals surface area contributed by atoms with Gasteiger partial charge in [-0.05, 0) is 25.1 Å². The van der Waals surface area contributed by atoms with Crippen LogP contribution in [0.2, 0.25) is 0 Å². The Morgan fingerprint density at radius 1 is 1.41 bits per heavy atom. The lowest BCUT2D eigenvalue weighted by Crippen LogP contribution is -2.22. The standard InChI is InChI=1S/C12H18N2O3/c1-3-14-12(15)9-4-5-11(10(13)8-9)17-7-6-16-2/h4-5,8H,3,6-7,13H2,1-2H3,(H,14,15). The largest absolute Gasteiger partial charge is 0.489 e. The van der Waals surface area contributed by atoms with Gasteiger partial charge in [-0.25, -0.2) is 0 Å². The third kappa shape index (κ3) is 3.96. The number of benzene rings is 1. The van der Waals surface area contributed by atoms with Gasteiger partial charge in [0.15, 0.2) is 0 Å². The maximum atomic E-state index is 11.5. The smallest absolute Gasteiger partial charge is 0.251 e. The molecule has 5 nitrogen and oxygen atoms in total. The molecule has 0 aromatic heterocycles. The van der Waals surface area contributed by atoms with E-state index in [9.17, 15) is 4.79 Å². The molecule has 0 aliphatic heterocycles. The van der Waals surface area contributed by atoms with Crippen LogP contribution in [0.25, 0.3) is 0 Å². The second-order valence-corrected chi connectivity index (χ2v) is 3.45. The van der Waals surface area contributed by atoms with Crippen LogP contribution in [0, 0.1) is 0 Å². The number of carbonyl (C=O) groups excluding carboxylic acids is 1. The van der Waals surface area contributed by atoms with Crippen LogP contribution in [0.4, 0.5) is 5.69 Å². The van der Waals surface area contributed by atoms with Crippen LogP contribution in [-0.4, -0.2) is 32.8 Å². The van der Waals surface area contributed by atoms with Crippen molar-refractivity contribution in [3.63, 3.8) is 0 Å². The third-order valence-electron chi connectivity index (χ3n) is 2.15. The molecule has 0 aliphatic rings. The van der Waals surface area contributed by atoms with Crippen LogP contribution in [0.1, 0.15) is 17.3 Å². The Balaban J connectivity index is 2.68. The van der Waals surface area contributed by atoms with Gasteiger partial charge in [0.1, 0.15) is 12.4 Å². The van der Waals surface area contributed by atoms with Crippen molar-refractivity contribution in [3.8, 4) is 5.75 Å². The first-order valence-electron chi connectivity index (χ1n) is 5.48. The molecule has 1 aromatic carbocycles. The second-order valence-electron chi connectivity index (χ2n) is 3.45. The van der Waals surface area contributed by atoms with E-state index in [4.69, 9.17) is 15.2 Å². The molecule has 3 N–H and O–H groups in total. The molecular formula is C12H18N2O3. The summed E-state index contributed by atoms with van der Waals surface area (Å²) in [5.41, 5.74) is 6.77. The van der Waals surface area contributed by atoms with Gasteiger partial charge < -0.3 is 20.5 Å². The van der Waals surface area contributed by atoms with E-state index in [1.807, 2.05) is 6.92 Å². The SMILES string of the molecule is CCNC(=O)c1ccc(OCCOC)c(N)c1. The van der Waals surface area contributed by atoms with Gasteiger partial charge >= 0.3 is 0 Å². The zero-order valence-corrected chi connectivity index (χ0v) is 10.2. The fraction of sp³-hybridized carbons (Fsp3) is 0.417. The number of rotatable bonds is 6. The minimum atomic E-state index is -0.136. The Labute approximate surface area is 101 Å². The summed E-state index contributed by atoms with van der Waals surface area (Å²) >= 11 is 0. The molecule has 0 radical (unpaired) electrons. The molecule has 94 valence electrons. The molecule has 0 bridgehead atoms. The molecule has 0 spiro atoms. The molecule has 5 heteroatoms. The summed E-state index contributed by atoms with van der Waals surface area (Å²) in [6, 6.07) is 4.98. The van der Waals surface area contributed by atoms with E-state index in [0.29, 0.717) is 36.8 Å². The van der Waals surface area contributed by atoms with E-state index in [1.54, 1.807) is 25.3 Å². The van der Waals surface area contributed by atoms with Crippen molar-refractivity contribution in [1.82, 2.24) is 5.32 Å². The molecule has 0 unspecified atom stereocenters. The van der Waals surface area contributed by atoms with Crippen LogP contribution in [0.15, 0.2) is 18.2 Å². The number of anilines is 1. The Bertz CT molecular complexity index is 380. The van der Waals surface area contributed by atoms with Gasteiger partial charge in [0.25, 0.3) is 5.91 Å². The lowest BCUT2D eigenvalue weighted by molar-refractivity contribution is 0.0956. The van der Waals surface area contributed by atoms with Crippen LogP contribution in [0.5, 0.6) is 5.75 Å². The monoisotopic (exact) mass is 238 g/mol. The quantitative estimate of drug-likeness (QED) is 0.573. The zero-order valence-electron chi connectivity index (χ0n) is 10.2. The van der Waals surface area contributed by atoms with Crippen molar-refractivity contribution in [3.05, 3.63) is 23.8 Å². The van der Waals surface area contributed by atoms with E-state index in [0.717, 1.165) is 0 Å². The number of ether oxygens (including phenoxy) is 2. The first-order chi connectivity index (χ1) is 8.19. The van der Waals surface area contributed by atoms with Crippen molar-refractivity contribution in [2.24, 2.45) is 0 Å². The number of nitrogens with two attached hydrogens (primary N) is 1. The maximum absolute atomic E-state index is 11.5. The van der Waals surface area contributed by atoms with Crippen molar-refractivity contribution in [1.29, 1.82) is 0 Å². The summed E-state index contributed by atoms with van der Waals surface area (Å²) in [6.07, 6.45) is 0. The molecule has 0 saturated heterocycles. The molecule has 1 rings (SSSR count). The highest BCUT2D eigenvalue weighted by atomic mass is 16.5. The van der Waals surface area contributed by atoms with Crippen molar-refractivity contribution in [2.45, 2.75) is 6.92 Å². The Morgan fingerprint density at radius 3 is 2.76 bits per heavy atom. The van der Waals surface area contributed by atoms with E-state index >= 15 is 0 Å². The summed E-state index contributed by atoms with van der Waals surface area (Å²) < 4.78 is 10.3. The zero-order chi connectivity index (χ0) is 12.7. The fourth-order valence-corrected chi connectivity index (χ4v) is 1.32. The number of carbonyl (C=O) groups is 1. The van der Waals surface area contributed by atoms with E-state index in [2.05, 4.69) is 5.32 Å². The normalized spacial score (nSPS) is 10.0. The lowest BCUT2D eigenvalue weighted by atomic mass is 10.2. The number of nitrogen functional groups attached to an aromatic ring is 1. The number of amides is 1. The first-order valence-corrected chi connectivity index (χ1v) is 5.48. The minimum Gasteiger partial charge on any atom is -0.489 e. The number of hydrogen-bond acceptors (Lipinski definition) is 4. The lowest BCUT2D eigenvalue weighted by Gasteiger charge is -2.09. The number of methoxy groups -OCH3 is 1. The van der Waals surface area contributed by atoms with Crippen LogP contribution in [0.3, 0.4) is 0 Å². The molecule has 1 aromatic rings. The van der Waals surface area contributed by atoms with Crippen LogP contribution < -0.4 is 15.8 Å². The Kier molecular flexibility index (Phi) is 5.29. The Morgan fingerprint density at radius 2 is 2.18 bits per heavy atom. The van der Waals surface area contributed by atoms with Gasteiger partial charge in [0, 0.05) is 19.2 Å². The number of hydrogen-bond donors (Lipinski definition) is 2. The Hall–Kier alpha value is -1.75. The van der Waals surface area contributed by atoms with Crippen LogP contribution >= 0.6 is 0 Å². The highest BCUT2D eigenvalue weighted by Gasteiger charge is 2.07. The second kappa shape index (κ2) is 6.75. The molecule has 17 heavy (non-hydrogen) atoms. The predicted molar refractivity (Wildman–Crippen MR) is 66.2 cm³/mol. The van der Waals surface area contributed by atoms with Crippen molar-refractivity contribution in [2.75, 3.05) is 32.6 Å². The molecule has 0 heterocycles. The van der Waals surface area contributed by atoms with Gasteiger partial charge in [-0.15, -0.1) is 0 Å². The highest BCUT2D eigenvalue weighted by molar-refractivity contribution is 5.95. The third-order valence-corrected chi connectivity index (χ3v) is 2.15. The topological polar surface area (TPSA) is 73.6 Å². The van der Waals surface area contributed by atoms with E-state index in [1.165, 1.54) is 0 Å². The summed E-state index contributed by atoms with van der Waals surface area (Å²) in [7, 11) is 1.60. The van der Waals surface area contributed by atoms with E-state index in [-0.39, 0.29) is 5.91 Å². The van der Waals surface area contributed by atoms with Crippen LogP contribution in [-0.2, 0) is 4.74 Å². The van der Waals surface area contributed by atoms with E-state index < -0.39 is 0 Å². The first kappa shape index (κ1) is 13.3. The van der Waals surface area contributed by atoms with Gasteiger partial charge in [0.2, 0.25) is 0 Å². The van der Waals surface area contributed by atoms with Gasteiger partial charge in [-0.3, -0.25) is 4.79 Å². The predicted octanol–water partition coefficient (Wildman–Crippen LogP) is 1.04. The minimum absolute atomic E-state index is 0.136. The highest BCUT2D eigenvalue weighted by Crippen LogP contribution is 2.22. The maximum Gasteiger partial charge on any atom is 0.251 e. The average Bonchev–Trinajstić information content (AvgIpc) is 2.31. The summed E-state index contributed by atoms with van der Waals surface area (Å²) in [5, 5.41) is 2.71. The van der Waals surface area contributed by atoms with Crippen molar-refractivity contribution >= 4 is 11.6 Å². The molecular weight excluding hydrogens is 220 g/mol. The van der Waals surface area contributed by atoms with Gasteiger partial charge in [-0.1, -0.05) is 0 Å². The van der Waals surface area contributed by atoms with Crippen molar-refractivity contribution < 1.29 is 14.3 Å². The average molecular weight is 238 g/mol. The molecule has 0 aliphatic carbocycles. The molecule has 1 amide bonds. The number of nitrogens with one attached hydrogen (secondary N) is 1. The fourth-order valence-electron chi connectivity index (χ4n) is 1.32. The summed E-state index contributed by atoms with van der Waals surface area (Å²) in [4.78, 5) is 11.5.